The van der Waals surface area contributed by atoms with Gasteiger partial charge in [0.25, 0.3) is 0 Å². The molecule has 24 heavy (non-hydrogen) atoms. The van der Waals surface area contributed by atoms with Gasteiger partial charge in [0.2, 0.25) is 5.88 Å². The molecule has 1 aromatic heterocycles. The molecule has 5 nitrogen and oxygen atoms in total. The number of hydrogen-bond donors (Lipinski definition) is 1. The Labute approximate surface area is 145 Å². The van der Waals surface area contributed by atoms with E-state index in [0.29, 0.717) is 17.8 Å². The van der Waals surface area contributed by atoms with Crippen molar-refractivity contribution in [1.29, 1.82) is 0 Å². The number of likely N-dealkylation sites (tertiary alicyclic amines) is 1. The molecule has 132 valence electrons. The first kappa shape index (κ1) is 17.1. The summed E-state index contributed by atoms with van der Waals surface area (Å²) >= 11 is 0. The molecule has 1 aromatic rings. The van der Waals surface area contributed by atoms with Crippen molar-refractivity contribution in [3.8, 4) is 5.88 Å². The molecule has 2 heterocycles. The van der Waals surface area contributed by atoms with E-state index < -0.39 is 0 Å². The van der Waals surface area contributed by atoms with Crippen molar-refractivity contribution in [2.24, 2.45) is 10.4 Å². The first-order chi connectivity index (χ1) is 11.6. The third kappa shape index (κ3) is 4.00. The molecule has 2 fully saturated rings. The first-order valence-corrected chi connectivity index (χ1v) is 9.25. The van der Waals surface area contributed by atoms with E-state index >= 15 is 0 Å². The summed E-state index contributed by atoms with van der Waals surface area (Å²) in [5.74, 6) is 1.72. The molecule has 1 N–H and O–H groups in total. The van der Waals surface area contributed by atoms with Gasteiger partial charge in [0.15, 0.2) is 5.96 Å². The predicted molar refractivity (Wildman–Crippen MR) is 97.3 cm³/mol. The second kappa shape index (κ2) is 7.41. The molecule has 0 amide bonds. The van der Waals surface area contributed by atoms with Crippen LogP contribution in [0.5, 0.6) is 5.88 Å². The Morgan fingerprint density at radius 3 is 2.75 bits per heavy atom. The number of guanidine groups is 1. The van der Waals surface area contributed by atoms with Crippen LogP contribution in [0.4, 0.5) is 0 Å². The average Bonchev–Trinajstić information content (AvgIpc) is 2.98. The minimum absolute atomic E-state index is 0.149. The minimum Gasteiger partial charge on any atom is -0.475 e. The van der Waals surface area contributed by atoms with Crippen molar-refractivity contribution in [1.82, 2.24) is 15.2 Å². The zero-order valence-electron chi connectivity index (χ0n) is 15.2. The van der Waals surface area contributed by atoms with Crippen molar-refractivity contribution in [3.63, 3.8) is 0 Å². The van der Waals surface area contributed by atoms with E-state index in [2.05, 4.69) is 28.2 Å². The van der Waals surface area contributed by atoms with Gasteiger partial charge in [-0.15, -0.1) is 0 Å². The molecular weight excluding hydrogens is 300 g/mol. The fourth-order valence-corrected chi connectivity index (χ4v) is 3.61. The summed E-state index contributed by atoms with van der Waals surface area (Å²) in [6, 6.07) is 3.98. The van der Waals surface area contributed by atoms with Crippen molar-refractivity contribution < 1.29 is 4.74 Å². The molecule has 0 aromatic carbocycles. The van der Waals surface area contributed by atoms with Crippen LogP contribution < -0.4 is 10.1 Å². The minimum atomic E-state index is 0.149. The number of rotatable bonds is 5. The van der Waals surface area contributed by atoms with Crippen LogP contribution in [0, 0.1) is 5.41 Å². The average molecular weight is 330 g/mol. The van der Waals surface area contributed by atoms with Gasteiger partial charge < -0.3 is 15.0 Å². The number of aromatic nitrogens is 1. The lowest BCUT2D eigenvalue weighted by molar-refractivity contribution is 0.151. The lowest BCUT2D eigenvalue weighted by Crippen LogP contribution is -2.42. The molecule has 0 radical (unpaired) electrons. The third-order valence-electron chi connectivity index (χ3n) is 5.05. The Bertz CT molecular complexity index is 563. The highest BCUT2D eigenvalue weighted by Gasteiger charge is 2.43. The summed E-state index contributed by atoms with van der Waals surface area (Å²) in [6.07, 6.45) is 7.52. The topological polar surface area (TPSA) is 49.8 Å². The quantitative estimate of drug-likeness (QED) is 0.665. The Morgan fingerprint density at radius 2 is 2.21 bits per heavy atom. The lowest BCUT2D eigenvalue weighted by Gasteiger charge is -2.38. The largest absolute Gasteiger partial charge is 0.475 e. The lowest BCUT2D eigenvalue weighted by atomic mass is 9.68. The third-order valence-corrected chi connectivity index (χ3v) is 5.05. The molecule has 1 saturated carbocycles. The maximum atomic E-state index is 5.59. The van der Waals surface area contributed by atoms with Gasteiger partial charge in [-0.3, -0.25) is 0 Å². The van der Waals surface area contributed by atoms with Gasteiger partial charge in [0.05, 0.1) is 12.6 Å². The molecule has 1 aliphatic carbocycles. The second-order valence-electron chi connectivity index (χ2n) is 7.37. The summed E-state index contributed by atoms with van der Waals surface area (Å²) in [5, 5.41) is 3.45. The van der Waals surface area contributed by atoms with Crippen molar-refractivity contribution >= 4 is 5.96 Å². The molecule has 3 rings (SSSR count). The van der Waals surface area contributed by atoms with Crippen LogP contribution in [0.1, 0.15) is 52.0 Å². The molecule has 5 heteroatoms. The maximum absolute atomic E-state index is 5.59. The zero-order valence-corrected chi connectivity index (χ0v) is 15.2. The number of nitrogens with zero attached hydrogens (tertiary/aromatic N) is 3. The van der Waals surface area contributed by atoms with E-state index in [1.54, 1.807) is 0 Å². The second-order valence-corrected chi connectivity index (χ2v) is 7.37. The highest BCUT2D eigenvalue weighted by atomic mass is 16.5. The van der Waals surface area contributed by atoms with Gasteiger partial charge in [-0.1, -0.05) is 12.5 Å². The summed E-state index contributed by atoms with van der Waals surface area (Å²) in [6.45, 7) is 10.00. The van der Waals surface area contributed by atoms with Crippen LogP contribution in [0.3, 0.4) is 0 Å². The maximum Gasteiger partial charge on any atom is 0.213 e. The number of hydrogen-bond acceptors (Lipinski definition) is 3. The first-order valence-electron chi connectivity index (χ1n) is 9.25. The Balaban J connectivity index is 1.61. The number of ether oxygens (including phenoxy) is 1. The molecule has 2 aliphatic rings. The molecular formula is C19H30N4O. The van der Waals surface area contributed by atoms with Crippen LogP contribution >= 0.6 is 0 Å². The monoisotopic (exact) mass is 330 g/mol. The van der Waals surface area contributed by atoms with Gasteiger partial charge in [-0.25, -0.2) is 9.98 Å². The van der Waals surface area contributed by atoms with Crippen LogP contribution in [-0.4, -0.2) is 41.6 Å². The summed E-state index contributed by atoms with van der Waals surface area (Å²) < 4.78 is 5.59. The molecule has 0 bridgehead atoms. The highest BCUT2D eigenvalue weighted by molar-refractivity contribution is 5.80. The highest BCUT2D eigenvalue weighted by Crippen LogP contribution is 2.47. The van der Waals surface area contributed by atoms with Crippen molar-refractivity contribution in [2.45, 2.75) is 59.1 Å². The fourth-order valence-electron chi connectivity index (χ4n) is 3.61. The van der Waals surface area contributed by atoms with Gasteiger partial charge >= 0.3 is 0 Å². The van der Waals surface area contributed by atoms with Crippen LogP contribution in [0.2, 0.25) is 0 Å². The molecule has 0 unspecified atom stereocenters. The van der Waals surface area contributed by atoms with E-state index in [9.17, 15) is 0 Å². The number of pyridine rings is 1. The van der Waals surface area contributed by atoms with Crippen LogP contribution in [0.25, 0.3) is 0 Å². The van der Waals surface area contributed by atoms with Crippen LogP contribution in [-0.2, 0) is 6.54 Å². The zero-order chi connectivity index (χ0) is 17.0. The summed E-state index contributed by atoms with van der Waals surface area (Å²) in [4.78, 5) is 11.6. The van der Waals surface area contributed by atoms with Gasteiger partial charge in [-0.05, 0) is 51.0 Å². The Hall–Kier alpha value is -1.78. The van der Waals surface area contributed by atoms with E-state index in [-0.39, 0.29) is 6.10 Å². The smallest absolute Gasteiger partial charge is 0.213 e. The van der Waals surface area contributed by atoms with E-state index in [1.807, 2.05) is 26.1 Å². The normalized spacial score (nSPS) is 19.7. The van der Waals surface area contributed by atoms with Gasteiger partial charge in [-0.2, -0.15) is 0 Å². The Morgan fingerprint density at radius 1 is 1.38 bits per heavy atom. The molecule has 1 spiro atoms. The fraction of sp³-hybridized carbons (Fsp3) is 0.684. The van der Waals surface area contributed by atoms with Crippen LogP contribution in [0.15, 0.2) is 23.3 Å². The molecule has 1 aliphatic heterocycles. The van der Waals surface area contributed by atoms with E-state index in [4.69, 9.17) is 9.73 Å². The Kier molecular flexibility index (Phi) is 5.27. The summed E-state index contributed by atoms with van der Waals surface area (Å²) in [5.41, 5.74) is 1.70. The van der Waals surface area contributed by atoms with Crippen molar-refractivity contribution in [2.75, 3.05) is 19.6 Å². The van der Waals surface area contributed by atoms with Gasteiger partial charge in [0.1, 0.15) is 0 Å². The summed E-state index contributed by atoms with van der Waals surface area (Å²) in [7, 11) is 0. The SMILES string of the molecule is CCNC(=NCc1ccc(OC(C)C)nc1)N1CCC2(CCC2)C1. The number of nitrogens with one attached hydrogen (secondary N) is 1. The van der Waals surface area contributed by atoms with E-state index in [1.165, 1.54) is 25.7 Å². The number of aliphatic imine (C=N–C) groups is 1. The van der Waals surface area contributed by atoms with E-state index in [0.717, 1.165) is 31.2 Å². The molecule has 1 saturated heterocycles. The predicted octanol–water partition coefficient (Wildman–Crippen LogP) is 3.21. The van der Waals surface area contributed by atoms with Gasteiger partial charge in [0, 0.05) is 31.9 Å². The van der Waals surface area contributed by atoms with Crippen molar-refractivity contribution in [3.05, 3.63) is 23.9 Å². The standard InChI is InChI=1S/C19H30N4O/c1-4-20-18(23-11-10-19(14-23)8-5-9-19)22-13-16-6-7-17(21-12-16)24-15(2)3/h6-7,12,15H,4-5,8-11,13-14H2,1-3H3,(H,20,22). The molecule has 0 atom stereocenters.